The molecule has 8 heteroatoms. The highest BCUT2D eigenvalue weighted by molar-refractivity contribution is 5.97. The van der Waals surface area contributed by atoms with Crippen LogP contribution in [-0.4, -0.2) is 28.0 Å². The van der Waals surface area contributed by atoms with Crippen LogP contribution in [0.15, 0.2) is 53.2 Å². The summed E-state index contributed by atoms with van der Waals surface area (Å²) in [6.45, 7) is 0. The maximum absolute atomic E-state index is 12.7. The Labute approximate surface area is 167 Å². The van der Waals surface area contributed by atoms with E-state index in [-0.39, 0.29) is 29.9 Å². The predicted molar refractivity (Wildman–Crippen MR) is 107 cm³/mol. The first-order valence-electron chi connectivity index (χ1n) is 9.66. The van der Waals surface area contributed by atoms with Gasteiger partial charge < -0.3 is 11.1 Å². The molecular weight excluding hydrogens is 372 g/mol. The van der Waals surface area contributed by atoms with Gasteiger partial charge in [-0.15, -0.1) is 0 Å². The highest BCUT2D eigenvalue weighted by Gasteiger charge is 2.49. The number of non-ortho nitro benzene ring substituents is 1. The van der Waals surface area contributed by atoms with Crippen molar-refractivity contribution in [1.82, 2.24) is 5.32 Å². The number of nitrogens with zero attached hydrogens (tertiary/aromatic N) is 2. The fourth-order valence-corrected chi connectivity index (χ4v) is 4.56. The minimum absolute atomic E-state index is 0.0238. The van der Waals surface area contributed by atoms with Gasteiger partial charge in [0.15, 0.2) is 0 Å². The first-order valence-corrected chi connectivity index (χ1v) is 9.66. The van der Waals surface area contributed by atoms with Crippen LogP contribution in [-0.2, 0) is 16.0 Å². The first kappa shape index (κ1) is 19.0. The lowest BCUT2D eigenvalue weighted by atomic mass is 9.69. The molecule has 2 amide bonds. The molecule has 4 rings (SSSR count). The quantitative estimate of drug-likeness (QED) is 0.586. The Hall–Kier alpha value is -3.29. The minimum Gasteiger partial charge on any atom is -0.368 e. The summed E-state index contributed by atoms with van der Waals surface area (Å²) in [6, 6.07) is 5.81. The molecule has 3 atom stereocenters. The van der Waals surface area contributed by atoms with E-state index in [9.17, 15) is 19.7 Å². The molecule has 3 aliphatic rings. The van der Waals surface area contributed by atoms with Gasteiger partial charge >= 0.3 is 0 Å². The minimum atomic E-state index is -1.10. The third kappa shape index (κ3) is 3.57. The zero-order chi connectivity index (χ0) is 20.6. The van der Waals surface area contributed by atoms with Crippen molar-refractivity contribution in [3.63, 3.8) is 0 Å². The van der Waals surface area contributed by atoms with E-state index in [1.807, 2.05) is 12.2 Å². The number of amides is 2. The van der Waals surface area contributed by atoms with E-state index < -0.39 is 16.4 Å². The number of carbonyl (C=O) groups is 2. The maximum Gasteiger partial charge on any atom is 0.269 e. The highest BCUT2D eigenvalue weighted by Crippen LogP contribution is 2.45. The number of nitrogens with one attached hydrogen (secondary N) is 1. The van der Waals surface area contributed by atoms with E-state index in [2.05, 4.69) is 11.4 Å². The summed E-state index contributed by atoms with van der Waals surface area (Å²) in [7, 11) is 0. The number of primary amides is 1. The van der Waals surface area contributed by atoms with E-state index >= 15 is 0 Å². The second kappa shape index (κ2) is 7.27. The van der Waals surface area contributed by atoms with E-state index in [0.717, 1.165) is 17.8 Å². The van der Waals surface area contributed by atoms with Gasteiger partial charge in [-0.1, -0.05) is 24.3 Å². The number of allylic oxidation sites excluding steroid dienone is 4. The van der Waals surface area contributed by atoms with Crippen LogP contribution in [0.4, 0.5) is 5.69 Å². The number of nitro groups is 1. The number of nitro benzene ring substituents is 1. The predicted octanol–water partition coefficient (Wildman–Crippen LogP) is 2.19. The maximum atomic E-state index is 12.7. The van der Waals surface area contributed by atoms with Gasteiger partial charge in [-0.25, -0.2) is 0 Å². The summed E-state index contributed by atoms with van der Waals surface area (Å²) in [5, 5.41) is 13.6. The zero-order valence-electron chi connectivity index (χ0n) is 15.8. The molecule has 2 aliphatic carbocycles. The molecule has 3 unspecified atom stereocenters. The number of aliphatic imine (C=N–C) groups is 1. The summed E-state index contributed by atoms with van der Waals surface area (Å²) >= 11 is 0. The van der Waals surface area contributed by atoms with Gasteiger partial charge in [0.2, 0.25) is 11.8 Å². The van der Waals surface area contributed by atoms with Gasteiger partial charge in [0.1, 0.15) is 5.54 Å². The van der Waals surface area contributed by atoms with E-state index in [1.165, 1.54) is 12.1 Å². The van der Waals surface area contributed by atoms with Crippen molar-refractivity contribution in [3.05, 3.63) is 63.9 Å². The van der Waals surface area contributed by atoms with Gasteiger partial charge in [-0.3, -0.25) is 24.7 Å². The summed E-state index contributed by atoms with van der Waals surface area (Å²) in [6.07, 6.45) is 8.50. The summed E-state index contributed by atoms with van der Waals surface area (Å²) in [5.41, 5.74) is 7.39. The molecule has 0 bridgehead atoms. The normalized spacial score (nSPS) is 27.3. The average molecular weight is 394 g/mol. The summed E-state index contributed by atoms with van der Waals surface area (Å²) in [4.78, 5) is 40.1. The number of fused-ring (bicyclic) bond motifs is 3. The molecule has 0 aromatic heterocycles. The van der Waals surface area contributed by atoms with Crippen LogP contribution >= 0.6 is 0 Å². The van der Waals surface area contributed by atoms with E-state index in [4.69, 9.17) is 10.7 Å². The molecule has 29 heavy (non-hydrogen) atoms. The Bertz CT molecular complexity index is 963. The van der Waals surface area contributed by atoms with Gasteiger partial charge in [0, 0.05) is 35.4 Å². The number of hydrogen-bond donors (Lipinski definition) is 2. The van der Waals surface area contributed by atoms with Crippen LogP contribution in [0.25, 0.3) is 0 Å². The monoisotopic (exact) mass is 394 g/mol. The lowest BCUT2D eigenvalue weighted by Crippen LogP contribution is -2.61. The van der Waals surface area contributed by atoms with Crippen LogP contribution in [0.3, 0.4) is 0 Å². The topological polar surface area (TPSA) is 128 Å². The summed E-state index contributed by atoms with van der Waals surface area (Å²) < 4.78 is 0. The zero-order valence-corrected chi connectivity index (χ0v) is 15.8. The standard InChI is InChI=1S/C21H22N4O4/c22-20(27)21(24-19(26)11-13-5-7-14(8-6-13)25(28)29)10-9-18-16(12-21)15-3-1-2-4-17(15)23-18/h1-2,4-8,15-16H,3,9-12H2,(H2,22,27)(H,24,26). The molecule has 0 spiro atoms. The number of rotatable bonds is 5. The van der Waals surface area contributed by atoms with Crippen molar-refractivity contribution in [3.8, 4) is 0 Å². The second-order valence-electron chi connectivity index (χ2n) is 7.87. The van der Waals surface area contributed by atoms with Crippen LogP contribution in [0.2, 0.25) is 0 Å². The fourth-order valence-electron chi connectivity index (χ4n) is 4.56. The lowest BCUT2D eigenvalue weighted by Gasteiger charge is -2.40. The molecule has 1 aromatic rings. The van der Waals surface area contributed by atoms with Gasteiger partial charge in [-0.05, 0) is 37.3 Å². The first-order chi connectivity index (χ1) is 13.9. The third-order valence-corrected chi connectivity index (χ3v) is 6.10. The smallest absolute Gasteiger partial charge is 0.269 e. The Kier molecular flexibility index (Phi) is 4.77. The van der Waals surface area contributed by atoms with Crippen LogP contribution in [0.1, 0.15) is 31.2 Å². The molecule has 1 fully saturated rings. The lowest BCUT2D eigenvalue weighted by molar-refractivity contribution is -0.384. The largest absolute Gasteiger partial charge is 0.368 e. The average Bonchev–Trinajstić information content (AvgIpc) is 3.06. The Balaban J connectivity index is 1.48. The molecule has 1 saturated carbocycles. The van der Waals surface area contributed by atoms with Gasteiger partial charge in [-0.2, -0.15) is 0 Å². The molecule has 1 aliphatic heterocycles. The SMILES string of the molecule is NC(=O)C1(NC(=O)Cc2ccc([N+](=O)[O-])cc2)CCC2=NC3=CC=CCC3C2C1. The number of carbonyl (C=O) groups excluding carboxylic acids is 2. The number of nitrogens with two attached hydrogens (primary N) is 1. The summed E-state index contributed by atoms with van der Waals surface area (Å²) in [5.74, 6) is -0.513. The Morgan fingerprint density at radius 2 is 2.03 bits per heavy atom. The van der Waals surface area contributed by atoms with Crippen molar-refractivity contribution in [2.24, 2.45) is 22.6 Å². The Morgan fingerprint density at radius 1 is 1.28 bits per heavy atom. The highest BCUT2D eigenvalue weighted by atomic mass is 16.6. The third-order valence-electron chi connectivity index (χ3n) is 6.10. The molecular formula is C21H22N4O4. The fraction of sp³-hybridized carbons (Fsp3) is 0.381. The molecule has 8 nitrogen and oxygen atoms in total. The van der Waals surface area contributed by atoms with E-state index in [1.54, 1.807) is 12.1 Å². The van der Waals surface area contributed by atoms with E-state index in [0.29, 0.717) is 24.8 Å². The Morgan fingerprint density at radius 3 is 2.72 bits per heavy atom. The van der Waals surface area contributed by atoms with Crippen LogP contribution in [0.5, 0.6) is 0 Å². The van der Waals surface area contributed by atoms with Crippen molar-refractivity contribution >= 4 is 23.2 Å². The van der Waals surface area contributed by atoms with Crippen LogP contribution in [0, 0.1) is 22.0 Å². The molecule has 0 saturated heterocycles. The molecule has 1 aromatic carbocycles. The number of benzene rings is 1. The molecule has 150 valence electrons. The van der Waals surface area contributed by atoms with Gasteiger partial charge in [0.25, 0.3) is 5.69 Å². The number of hydrogen-bond acceptors (Lipinski definition) is 5. The van der Waals surface area contributed by atoms with Crippen molar-refractivity contribution in [2.45, 2.75) is 37.6 Å². The van der Waals surface area contributed by atoms with Crippen LogP contribution < -0.4 is 11.1 Å². The van der Waals surface area contributed by atoms with Gasteiger partial charge in [0.05, 0.1) is 11.3 Å². The van der Waals surface area contributed by atoms with Crippen molar-refractivity contribution in [1.29, 1.82) is 0 Å². The molecule has 0 radical (unpaired) electrons. The molecule has 3 N–H and O–H groups in total. The van der Waals surface area contributed by atoms with Crippen molar-refractivity contribution < 1.29 is 14.5 Å². The van der Waals surface area contributed by atoms with Crippen molar-refractivity contribution in [2.75, 3.05) is 0 Å². The second-order valence-corrected chi connectivity index (χ2v) is 7.87. The molecule has 1 heterocycles.